The second-order valence-corrected chi connectivity index (χ2v) is 15.2. The highest BCUT2D eigenvalue weighted by Crippen LogP contribution is 2.43. The minimum absolute atomic E-state index is 1.12. The van der Waals surface area contributed by atoms with Crippen LogP contribution in [-0.4, -0.2) is 0 Å². The Bertz CT molecular complexity index is 3230. The van der Waals surface area contributed by atoms with E-state index in [0.29, 0.717) is 0 Å². The summed E-state index contributed by atoms with van der Waals surface area (Å²) in [6, 6.07) is 73.6. The molecule has 54 heavy (non-hydrogen) atoms. The Labute approximate surface area is 317 Å². The normalized spacial score (nSPS) is 11.7. The lowest BCUT2D eigenvalue weighted by Crippen LogP contribution is -2.10. The van der Waals surface area contributed by atoms with Crippen LogP contribution in [0.2, 0.25) is 0 Å². The van der Waals surface area contributed by atoms with Gasteiger partial charge in [-0.15, -0.1) is 11.3 Å². The van der Waals surface area contributed by atoms with Gasteiger partial charge in [0.25, 0.3) is 0 Å². The molecule has 0 saturated carbocycles. The number of fused-ring (bicyclic) bond motifs is 9. The molecule has 11 aromatic rings. The highest BCUT2D eigenvalue weighted by molar-refractivity contribution is 7.25. The van der Waals surface area contributed by atoms with E-state index >= 15 is 0 Å². The van der Waals surface area contributed by atoms with E-state index in [4.69, 9.17) is 0 Å². The molecule has 0 N–H and O–H groups in total. The van der Waals surface area contributed by atoms with Crippen molar-refractivity contribution in [3.05, 3.63) is 200 Å². The van der Waals surface area contributed by atoms with Gasteiger partial charge in [0, 0.05) is 37.2 Å². The van der Waals surface area contributed by atoms with Crippen LogP contribution in [-0.2, 0) is 0 Å². The molecule has 10 aromatic carbocycles. The zero-order chi connectivity index (χ0) is 35.6. The van der Waals surface area contributed by atoms with Crippen molar-refractivity contribution in [1.82, 2.24) is 0 Å². The maximum Gasteiger partial charge on any atom is 0.0476 e. The molecular weight excluding hydrogens is 671 g/mol. The van der Waals surface area contributed by atoms with E-state index < -0.39 is 0 Å². The van der Waals surface area contributed by atoms with Gasteiger partial charge in [-0.1, -0.05) is 158 Å². The highest BCUT2D eigenvalue weighted by Gasteiger charge is 2.17. The van der Waals surface area contributed by atoms with E-state index in [9.17, 15) is 0 Å². The summed E-state index contributed by atoms with van der Waals surface area (Å²) in [5.74, 6) is 0. The van der Waals surface area contributed by atoms with Crippen molar-refractivity contribution in [2.75, 3.05) is 4.90 Å². The van der Waals surface area contributed by atoms with Crippen molar-refractivity contribution < 1.29 is 0 Å². The molecule has 0 bridgehead atoms. The number of hydrogen-bond acceptors (Lipinski definition) is 2. The Morgan fingerprint density at radius 2 is 0.796 bits per heavy atom. The van der Waals surface area contributed by atoms with Crippen LogP contribution in [0.5, 0.6) is 0 Å². The van der Waals surface area contributed by atoms with Crippen molar-refractivity contribution in [3.63, 3.8) is 0 Å². The van der Waals surface area contributed by atoms with E-state index in [1.807, 2.05) is 11.3 Å². The zero-order valence-corrected chi connectivity index (χ0v) is 30.2. The first-order valence-corrected chi connectivity index (χ1v) is 19.3. The average Bonchev–Trinajstić information content (AvgIpc) is 3.61. The molecule has 0 aliphatic rings. The van der Waals surface area contributed by atoms with Crippen LogP contribution in [0.25, 0.3) is 85.5 Å². The maximum absolute atomic E-state index is 2.41. The average molecular weight is 704 g/mol. The highest BCUT2D eigenvalue weighted by atomic mass is 32.1. The smallest absolute Gasteiger partial charge is 0.0476 e. The lowest BCUT2D eigenvalue weighted by atomic mass is 9.94. The second-order valence-electron chi connectivity index (χ2n) is 14.1. The second kappa shape index (κ2) is 12.4. The Balaban J connectivity index is 1.07. The molecular formula is C52H33NS. The molecule has 0 atom stereocenters. The third-order valence-corrected chi connectivity index (χ3v) is 12.2. The lowest BCUT2D eigenvalue weighted by Gasteiger charge is -2.26. The van der Waals surface area contributed by atoms with Crippen molar-refractivity contribution in [2.45, 2.75) is 0 Å². The number of anilines is 3. The first-order chi connectivity index (χ1) is 26.8. The maximum atomic E-state index is 2.41. The molecule has 0 amide bonds. The number of hydrogen-bond donors (Lipinski definition) is 0. The van der Waals surface area contributed by atoms with Gasteiger partial charge in [0.2, 0.25) is 0 Å². The van der Waals surface area contributed by atoms with Crippen LogP contribution in [0.15, 0.2) is 200 Å². The fraction of sp³-hybridized carbons (Fsp3) is 0. The van der Waals surface area contributed by atoms with Gasteiger partial charge in [0.05, 0.1) is 0 Å². The zero-order valence-electron chi connectivity index (χ0n) is 29.4. The molecule has 1 heterocycles. The SMILES string of the molecule is c1cc(-c2cccc3c2ccc2ccccc23)cc(N(c2ccc(-c3cccc4c3ccc3ccccc34)cc2)c2ccc3c(c2)sc2ccccc23)c1. The summed E-state index contributed by atoms with van der Waals surface area (Å²) in [6.07, 6.45) is 0. The Kier molecular flexibility index (Phi) is 7.11. The van der Waals surface area contributed by atoms with E-state index in [2.05, 4.69) is 205 Å². The predicted octanol–water partition coefficient (Wildman–Crippen LogP) is 15.5. The summed E-state index contributed by atoms with van der Waals surface area (Å²) in [5.41, 5.74) is 8.25. The summed E-state index contributed by atoms with van der Waals surface area (Å²) < 4.78 is 2.60. The number of benzene rings is 10. The Morgan fingerprint density at radius 1 is 0.278 bits per heavy atom. The fourth-order valence-corrected chi connectivity index (χ4v) is 9.63. The summed E-state index contributed by atoms with van der Waals surface area (Å²) in [6.45, 7) is 0. The van der Waals surface area contributed by atoms with Crippen LogP contribution < -0.4 is 4.90 Å². The molecule has 0 aliphatic heterocycles. The van der Waals surface area contributed by atoms with Crippen molar-refractivity contribution in [2.24, 2.45) is 0 Å². The number of nitrogens with zero attached hydrogens (tertiary/aromatic N) is 1. The standard InChI is InChI=1S/C52H33NS/c1-3-14-41-34(10-1)24-29-47-43(17-8-19-45(41)47)36-22-26-38(27-23-36)53(40-28-31-50-49-16-5-6-21-51(49)54-52(50)33-40)39-13-7-12-37(32-39)44-18-9-20-46-42-15-4-2-11-35(42)25-30-48(44)46/h1-33H. The van der Waals surface area contributed by atoms with E-state index in [-0.39, 0.29) is 0 Å². The van der Waals surface area contributed by atoms with E-state index in [0.717, 1.165) is 17.1 Å². The van der Waals surface area contributed by atoms with Crippen LogP contribution in [0, 0.1) is 0 Å². The Morgan fingerprint density at radius 3 is 1.50 bits per heavy atom. The Hall–Kier alpha value is -6.74. The lowest BCUT2D eigenvalue weighted by molar-refractivity contribution is 1.29. The van der Waals surface area contributed by atoms with Crippen LogP contribution >= 0.6 is 11.3 Å². The van der Waals surface area contributed by atoms with Crippen molar-refractivity contribution in [3.8, 4) is 22.3 Å². The first kappa shape index (κ1) is 30.8. The third-order valence-electron chi connectivity index (χ3n) is 11.0. The van der Waals surface area contributed by atoms with Crippen LogP contribution in [0.3, 0.4) is 0 Å². The quantitative estimate of drug-likeness (QED) is 0.161. The van der Waals surface area contributed by atoms with Crippen molar-refractivity contribution >= 4 is 91.7 Å². The number of thiophene rings is 1. The molecule has 0 radical (unpaired) electrons. The molecule has 0 fully saturated rings. The molecule has 252 valence electrons. The molecule has 1 nitrogen and oxygen atoms in total. The summed E-state index contributed by atoms with van der Waals surface area (Å²) in [5, 5.41) is 12.8. The summed E-state index contributed by atoms with van der Waals surface area (Å²) in [7, 11) is 0. The van der Waals surface area contributed by atoms with E-state index in [1.165, 1.54) is 85.5 Å². The van der Waals surface area contributed by atoms with Crippen LogP contribution in [0.1, 0.15) is 0 Å². The van der Waals surface area contributed by atoms with E-state index in [1.54, 1.807) is 0 Å². The molecule has 11 rings (SSSR count). The van der Waals surface area contributed by atoms with Crippen LogP contribution in [0.4, 0.5) is 17.1 Å². The minimum atomic E-state index is 1.12. The van der Waals surface area contributed by atoms with Gasteiger partial charge in [-0.05, 0) is 108 Å². The van der Waals surface area contributed by atoms with Gasteiger partial charge in [-0.3, -0.25) is 0 Å². The predicted molar refractivity (Wildman–Crippen MR) is 235 cm³/mol. The molecule has 0 spiro atoms. The first-order valence-electron chi connectivity index (χ1n) is 18.5. The van der Waals surface area contributed by atoms with Gasteiger partial charge in [0.1, 0.15) is 0 Å². The topological polar surface area (TPSA) is 3.24 Å². The summed E-state index contributed by atoms with van der Waals surface area (Å²) in [4.78, 5) is 2.41. The molecule has 0 saturated heterocycles. The number of rotatable bonds is 5. The molecule has 0 unspecified atom stereocenters. The molecule has 1 aromatic heterocycles. The fourth-order valence-electron chi connectivity index (χ4n) is 8.49. The van der Waals surface area contributed by atoms with Gasteiger partial charge < -0.3 is 4.90 Å². The van der Waals surface area contributed by atoms with Crippen molar-refractivity contribution in [1.29, 1.82) is 0 Å². The molecule has 0 aliphatic carbocycles. The van der Waals surface area contributed by atoms with Gasteiger partial charge in [0.15, 0.2) is 0 Å². The molecule has 2 heteroatoms. The summed E-state index contributed by atoms with van der Waals surface area (Å²) >= 11 is 1.86. The van der Waals surface area contributed by atoms with Gasteiger partial charge in [-0.25, -0.2) is 0 Å². The third kappa shape index (κ3) is 4.99. The monoisotopic (exact) mass is 703 g/mol. The van der Waals surface area contributed by atoms with Gasteiger partial charge >= 0.3 is 0 Å². The minimum Gasteiger partial charge on any atom is -0.310 e. The largest absolute Gasteiger partial charge is 0.310 e. The van der Waals surface area contributed by atoms with Gasteiger partial charge in [-0.2, -0.15) is 0 Å².